The van der Waals surface area contributed by atoms with Crippen molar-refractivity contribution in [1.29, 1.82) is 0 Å². The van der Waals surface area contributed by atoms with E-state index < -0.39 is 5.60 Å². The molecule has 1 N–H and O–H groups in total. The van der Waals surface area contributed by atoms with Crippen molar-refractivity contribution in [3.05, 3.63) is 35.9 Å². The summed E-state index contributed by atoms with van der Waals surface area (Å²) < 4.78 is 10.8. The maximum absolute atomic E-state index is 12.0. The third-order valence-electron chi connectivity index (χ3n) is 3.91. The van der Waals surface area contributed by atoms with Gasteiger partial charge in [0.25, 0.3) is 0 Å². The molecule has 1 aliphatic rings. The first kappa shape index (κ1) is 18.5. The van der Waals surface area contributed by atoms with E-state index in [0.29, 0.717) is 5.56 Å². The summed E-state index contributed by atoms with van der Waals surface area (Å²) in [6, 6.07) is 9.32. The zero-order valence-corrected chi connectivity index (χ0v) is 14.7. The third kappa shape index (κ3) is 6.32. The van der Waals surface area contributed by atoms with Gasteiger partial charge in [0.2, 0.25) is 0 Å². The summed E-state index contributed by atoms with van der Waals surface area (Å²) in [6.45, 7) is 5.79. The quantitative estimate of drug-likeness (QED) is 0.839. The fraction of sp³-hybridized carbons (Fsp3) is 0.579. The monoisotopic (exact) mass is 333 g/mol. The second-order valence-corrected chi connectivity index (χ2v) is 7.21. The van der Waals surface area contributed by atoms with Crippen molar-refractivity contribution in [2.24, 2.45) is 0 Å². The number of rotatable bonds is 5. The summed E-state index contributed by atoms with van der Waals surface area (Å²) in [6.07, 6.45) is 3.34. The van der Waals surface area contributed by atoms with Gasteiger partial charge in [0.15, 0.2) is 0 Å². The minimum absolute atomic E-state index is 0.0442. The van der Waals surface area contributed by atoms with E-state index in [1.807, 2.05) is 39.0 Å². The molecule has 0 aliphatic heterocycles. The van der Waals surface area contributed by atoms with Gasteiger partial charge in [-0.25, -0.2) is 4.79 Å². The molecule has 5 heteroatoms. The second kappa shape index (κ2) is 8.29. The summed E-state index contributed by atoms with van der Waals surface area (Å²) in [5.41, 5.74) is 0.130. The Morgan fingerprint density at radius 1 is 1.08 bits per heavy atom. The third-order valence-corrected chi connectivity index (χ3v) is 3.91. The largest absolute Gasteiger partial charge is 0.459 e. The smallest absolute Gasteiger partial charge is 0.338 e. The van der Waals surface area contributed by atoms with Gasteiger partial charge < -0.3 is 14.8 Å². The van der Waals surface area contributed by atoms with E-state index in [4.69, 9.17) is 9.47 Å². The van der Waals surface area contributed by atoms with Crippen molar-refractivity contribution in [2.45, 2.75) is 64.2 Å². The highest BCUT2D eigenvalue weighted by Gasteiger charge is 2.25. The minimum atomic E-state index is -0.456. The number of hydrogen-bond acceptors (Lipinski definition) is 5. The van der Waals surface area contributed by atoms with Crippen molar-refractivity contribution >= 4 is 11.9 Å². The van der Waals surface area contributed by atoms with Crippen LogP contribution >= 0.6 is 0 Å². The molecule has 0 radical (unpaired) electrons. The molecule has 0 heterocycles. The van der Waals surface area contributed by atoms with Crippen LogP contribution in [0.1, 0.15) is 56.8 Å². The van der Waals surface area contributed by atoms with Gasteiger partial charge in [0, 0.05) is 6.04 Å². The molecule has 2 rings (SSSR count). The normalized spacial score (nSPS) is 21.1. The van der Waals surface area contributed by atoms with E-state index in [-0.39, 0.29) is 30.6 Å². The van der Waals surface area contributed by atoms with E-state index >= 15 is 0 Å². The van der Waals surface area contributed by atoms with Crippen LogP contribution in [0.15, 0.2) is 30.3 Å². The molecule has 1 saturated carbocycles. The highest BCUT2D eigenvalue weighted by molar-refractivity contribution is 5.89. The summed E-state index contributed by atoms with van der Waals surface area (Å²) in [5, 5.41) is 3.23. The molecule has 0 saturated heterocycles. The van der Waals surface area contributed by atoms with Gasteiger partial charge in [-0.3, -0.25) is 4.79 Å². The van der Waals surface area contributed by atoms with Gasteiger partial charge >= 0.3 is 11.9 Å². The topological polar surface area (TPSA) is 64.6 Å². The van der Waals surface area contributed by atoms with Crippen LogP contribution in [0.25, 0.3) is 0 Å². The summed E-state index contributed by atoms with van der Waals surface area (Å²) in [4.78, 5) is 23.8. The molecule has 1 aliphatic carbocycles. The molecular formula is C19H27NO4. The Kier molecular flexibility index (Phi) is 6.37. The zero-order valence-electron chi connectivity index (χ0n) is 14.7. The maximum atomic E-state index is 12.0. The van der Waals surface area contributed by atoms with E-state index in [2.05, 4.69) is 5.32 Å². The van der Waals surface area contributed by atoms with Gasteiger partial charge in [0.05, 0.1) is 12.1 Å². The molecule has 24 heavy (non-hydrogen) atoms. The molecular weight excluding hydrogens is 306 g/mol. The predicted molar refractivity (Wildman–Crippen MR) is 91.7 cm³/mol. The highest BCUT2D eigenvalue weighted by atomic mass is 16.6. The molecule has 5 nitrogen and oxygen atoms in total. The molecule has 1 fully saturated rings. The van der Waals surface area contributed by atoms with Gasteiger partial charge in [0.1, 0.15) is 11.7 Å². The first-order valence-electron chi connectivity index (χ1n) is 8.55. The Hall–Kier alpha value is -1.88. The van der Waals surface area contributed by atoms with Crippen molar-refractivity contribution < 1.29 is 19.1 Å². The SMILES string of the molecule is CC(C)(C)OC(=O)CNC1CCC(OC(=O)c2ccccc2)CC1. The Bertz CT molecular complexity index is 542. The van der Waals surface area contributed by atoms with Crippen molar-refractivity contribution in [3.63, 3.8) is 0 Å². The van der Waals surface area contributed by atoms with Crippen LogP contribution in [0.3, 0.4) is 0 Å². The molecule has 132 valence electrons. The van der Waals surface area contributed by atoms with Crippen LogP contribution in [0.4, 0.5) is 0 Å². The summed E-state index contributed by atoms with van der Waals surface area (Å²) in [7, 11) is 0. The molecule has 0 amide bonds. The van der Waals surface area contributed by atoms with Gasteiger partial charge in [-0.15, -0.1) is 0 Å². The van der Waals surface area contributed by atoms with E-state index in [0.717, 1.165) is 25.7 Å². The van der Waals surface area contributed by atoms with Crippen molar-refractivity contribution in [2.75, 3.05) is 6.54 Å². The van der Waals surface area contributed by atoms with Crippen LogP contribution in [0.2, 0.25) is 0 Å². The van der Waals surface area contributed by atoms with Gasteiger partial charge in [-0.05, 0) is 58.6 Å². The number of hydrogen-bond donors (Lipinski definition) is 1. The number of benzene rings is 1. The minimum Gasteiger partial charge on any atom is -0.459 e. The average molecular weight is 333 g/mol. The molecule has 0 spiro atoms. The first-order chi connectivity index (χ1) is 11.3. The number of esters is 2. The lowest BCUT2D eigenvalue weighted by Gasteiger charge is -2.29. The van der Waals surface area contributed by atoms with Crippen molar-refractivity contribution in [1.82, 2.24) is 5.32 Å². The fourth-order valence-corrected chi connectivity index (χ4v) is 2.78. The first-order valence-corrected chi connectivity index (χ1v) is 8.55. The van der Waals surface area contributed by atoms with Crippen LogP contribution in [0.5, 0.6) is 0 Å². The highest BCUT2D eigenvalue weighted by Crippen LogP contribution is 2.22. The second-order valence-electron chi connectivity index (χ2n) is 7.21. The lowest BCUT2D eigenvalue weighted by molar-refractivity contribution is -0.153. The van der Waals surface area contributed by atoms with Crippen LogP contribution in [-0.4, -0.2) is 36.2 Å². The molecule has 0 aromatic heterocycles. The molecule has 0 bridgehead atoms. The maximum Gasteiger partial charge on any atom is 0.338 e. The fourth-order valence-electron chi connectivity index (χ4n) is 2.78. The Morgan fingerprint density at radius 3 is 2.29 bits per heavy atom. The average Bonchev–Trinajstić information content (AvgIpc) is 2.53. The van der Waals surface area contributed by atoms with Crippen LogP contribution in [-0.2, 0) is 14.3 Å². The number of carbonyl (C=O) groups is 2. The predicted octanol–water partition coefficient (Wildman–Crippen LogP) is 3.09. The molecule has 0 unspecified atom stereocenters. The summed E-state index contributed by atoms with van der Waals surface area (Å²) in [5.74, 6) is -0.499. The Morgan fingerprint density at radius 2 is 1.71 bits per heavy atom. The lowest BCUT2D eigenvalue weighted by atomic mass is 9.93. The van der Waals surface area contributed by atoms with Gasteiger partial charge in [-0.1, -0.05) is 18.2 Å². The number of carbonyl (C=O) groups excluding carboxylic acids is 2. The van der Waals surface area contributed by atoms with Crippen molar-refractivity contribution in [3.8, 4) is 0 Å². The number of nitrogens with one attached hydrogen (secondary N) is 1. The van der Waals surface area contributed by atoms with Crippen LogP contribution in [0, 0.1) is 0 Å². The standard InChI is InChI=1S/C19H27NO4/c1-19(2,3)24-17(21)13-20-15-9-11-16(12-10-15)23-18(22)14-7-5-4-6-8-14/h4-8,15-16,20H,9-13H2,1-3H3. The molecule has 1 aromatic carbocycles. The molecule has 0 atom stereocenters. The van der Waals surface area contributed by atoms with E-state index in [1.54, 1.807) is 12.1 Å². The Balaban J connectivity index is 1.68. The van der Waals surface area contributed by atoms with E-state index in [1.165, 1.54) is 0 Å². The lowest BCUT2D eigenvalue weighted by Crippen LogP contribution is -2.40. The summed E-state index contributed by atoms with van der Waals surface area (Å²) >= 11 is 0. The zero-order chi connectivity index (χ0) is 17.6. The van der Waals surface area contributed by atoms with E-state index in [9.17, 15) is 9.59 Å². The molecule has 1 aromatic rings. The Labute approximate surface area is 143 Å². The number of ether oxygens (including phenoxy) is 2. The van der Waals surface area contributed by atoms with Gasteiger partial charge in [-0.2, -0.15) is 0 Å². The van der Waals surface area contributed by atoms with Crippen LogP contribution < -0.4 is 5.32 Å².